The molecule has 1 heterocycles. The molecule has 21 heavy (non-hydrogen) atoms. The zero-order valence-corrected chi connectivity index (χ0v) is 16.4. The average Bonchev–Trinajstić information content (AvgIpc) is 2.79. The number of halogens is 3. The van der Waals surface area contributed by atoms with Crippen molar-refractivity contribution in [2.24, 2.45) is 0 Å². The quantitative estimate of drug-likeness (QED) is 0.668. The molecule has 0 aliphatic rings. The highest BCUT2D eigenvalue weighted by Gasteiger charge is 2.23. The minimum atomic E-state index is -0.0176. The maximum Gasteiger partial charge on any atom is 0.146 e. The molecule has 0 aliphatic heterocycles. The van der Waals surface area contributed by atoms with Gasteiger partial charge in [-0.1, -0.05) is 11.6 Å². The summed E-state index contributed by atoms with van der Waals surface area (Å²) < 4.78 is 12.8. The molecule has 0 amide bonds. The molecule has 2 aromatic rings. The highest BCUT2D eigenvalue weighted by Crippen LogP contribution is 2.44. The Balaban J connectivity index is 2.54. The van der Waals surface area contributed by atoms with Crippen molar-refractivity contribution in [1.82, 2.24) is 5.32 Å². The molecule has 1 N–H and O–H groups in total. The summed E-state index contributed by atoms with van der Waals surface area (Å²) in [6.45, 7) is 0. The molecule has 0 aliphatic carbocycles. The Bertz CT molecular complexity index is 629. The van der Waals surface area contributed by atoms with Crippen molar-refractivity contribution in [3.8, 4) is 11.5 Å². The van der Waals surface area contributed by atoms with Gasteiger partial charge in [-0.2, -0.15) is 0 Å². The maximum atomic E-state index is 6.35. The summed E-state index contributed by atoms with van der Waals surface area (Å²) in [6.07, 6.45) is 0. The van der Waals surface area contributed by atoms with Crippen molar-refractivity contribution in [3.63, 3.8) is 0 Å². The summed E-state index contributed by atoms with van der Waals surface area (Å²) in [5, 5.41) is 3.78. The largest absolute Gasteiger partial charge is 0.495 e. The Morgan fingerprint density at radius 2 is 1.95 bits per heavy atom. The van der Waals surface area contributed by atoms with Gasteiger partial charge in [0.25, 0.3) is 0 Å². The Hall–Kier alpha value is -0.270. The van der Waals surface area contributed by atoms with Crippen LogP contribution in [0.4, 0.5) is 0 Å². The molecule has 0 saturated carbocycles. The van der Waals surface area contributed by atoms with Gasteiger partial charge in [0.15, 0.2) is 0 Å². The lowest BCUT2D eigenvalue weighted by molar-refractivity contribution is 0.389. The number of hydrogen-bond acceptors (Lipinski definition) is 4. The Morgan fingerprint density at radius 3 is 2.43 bits per heavy atom. The molecule has 0 saturated heterocycles. The van der Waals surface area contributed by atoms with E-state index in [0.717, 1.165) is 18.7 Å². The number of nitrogens with one attached hydrogen (secondary N) is 1. The van der Waals surface area contributed by atoms with Crippen LogP contribution in [-0.4, -0.2) is 21.3 Å². The van der Waals surface area contributed by atoms with Crippen LogP contribution in [0, 0.1) is 0 Å². The van der Waals surface area contributed by atoms with Crippen LogP contribution < -0.4 is 14.8 Å². The van der Waals surface area contributed by atoms with E-state index in [1.807, 2.05) is 19.2 Å². The van der Waals surface area contributed by atoms with Crippen molar-refractivity contribution in [2.75, 3.05) is 21.3 Å². The third-order valence-electron chi connectivity index (χ3n) is 3.06. The van der Waals surface area contributed by atoms with Gasteiger partial charge in [-0.3, -0.25) is 0 Å². The van der Waals surface area contributed by atoms with Crippen LogP contribution in [0.2, 0.25) is 5.02 Å². The lowest BCUT2D eigenvalue weighted by atomic mass is 10.0. The molecule has 1 aromatic carbocycles. The maximum absolute atomic E-state index is 6.35. The van der Waals surface area contributed by atoms with Crippen LogP contribution in [0.1, 0.15) is 16.5 Å². The van der Waals surface area contributed by atoms with Gasteiger partial charge in [0, 0.05) is 14.9 Å². The normalized spacial score (nSPS) is 12.3. The fourth-order valence-corrected chi connectivity index (χ4v) is 4.65. The first-order valence-corrected chi connectivity index (χ1v) is 8.83. The number of methoxy groups -OCH3 is 2. The second kappa shape index (κ2) is 7.33. The van der Waals surface area contributed by atoms with Crippen molar-refractivity contribution >= 4 is 54.8 Å². The average molecular weight is 456 g/mol. The Kier molecular flexibility index (Phi) is 5.96. The van der Waals surface area contributed by atoms with Crippen molar-refractivity contribution in [1.29, 1.82) is 0 Å². The van der Waals surface area contributed by atoms with Gasteiger partial charge in [-0.15, -0.1) is 11.3 Å². The van der Waals surface area contributed by atoms with Gasteiger partial charge in [-0.05, 0) is 57.1 Å². The number of benzene rings is 1. The fourth-order valence-electron chi connectivity index (χ4n) is 2.10. The number of hydrogen-bond donors (Lipinski definition) is 1. The fraction of sp³-hybridized carbons (Fsp3) is 0.286. The van der Waals surface area contributed by atoms with E-state index in [1.54, 1.807) is 25.6 Å². The third kappa shape index (κ3) is 3.40. The smallest absolute Gasteiger partial charge is 0.146 e. The summed E-state index contributed by atoms with van der Waals surface area (Å²) in [5.41, 5.74) is 0.965. The molecule has 2 rings (SSSR count). The highest BCUT2D eigenvalue weighted by atomic mass is 79.9. The van der Waals surface area contributed by atoms with Crippen LogP contribution in [-0.2, 0) is 0 Å². The van der Waals surface area contributed by atoms with Crippen LogP contribution in [0.5, 0.6) is 11.5 Å². The van der Waals surface area contributed by atoms with E-state index in [0.29, 0.717) is 16.5 Å². The van der Waals surface area contributed by atoms with Gasteiger partial charge in [0.1, 0.15) is 16.5 Å². The van der Waals surface area contributed by atoms with Crippen molar-refractivity contribution < 1.29 is 9.47 Å². The van der Waals surface area contributed by atoms with Gasteiger partial charge >= 0.3 is 0 Å². The summed E-state index contributed by atoms with van der Waals surface area (Å²) in [5.74, 6) is 1.22. The predicted molar refractivity (Wildman–Crippen MR) is 95.2 cm³/mol. The predicted octanol–water partition coefficient (Wildman–Crippen LogP) is 5.25. The monoisotopic (exact) mass is 453 g/mol. The molecular weight excluding hydrogens is 441 g/mol. The first-order chi connectivity index (χ1) is 10.0. The summed E-state index contributed by atoms with van der Waals surface area (Å²) in [6, 6.07) is 5.87. The molecule has 1 aromatic heterocycles. The molecule has 1 unspecified atom stereocenters. The SMILES string of the molecule is CNC(c1cc(Br)c(Br)s1)c1ccc(OC)c(Cl)c1OC. The molecular formula is C14H14Br2ClNO2S. The van der Waals surface area contributed by atoms with E-state index in [9.17, 15) is 0 Å². The molecule has 3 nitrogen and oxygen atoms in total. The van der Waals surface area contributed by atoms with Gasteiger partial charge < -0.3 is 14.8 Å². The van der Waals surface area contributed by atoms with Gasteiger partial charge in [0.2, 0.25) is 0 Å². The second-order valence-corrected chi connectivity index (χ2v) is 7.83. The Labute approximate surface area is 149 Å². The van der Waals surface area contributed by atoms with Crippen LogP contribution in [0.15, 0.2) is 26.5 Å². The van der Waals surface area contributed by atoms with E-state index in [2.05, 4.69) is 43.2 Å². The molecule has 114 valence electrons. The standard InChI is InChI=1S/C14H14Br2ClNO2S/c1-18-12(10-6-8(15)14(16)21-10)7-4-5-9(19-2)11(17)13(7)20-3/h4-6,12,18H,1-3H3. The van der Waals surface area contributed by atoms with Gasteiger partial charge in [-0.25, -0.2) is 0 Å². The zero-order valence-electron chi connectivity index (χ0n) is 11.7. The molecule has 0 radical (unpaired) electrons. The van der Waals surface area contributed by atoms with Crippen LogP contribution >= 0.6 is 54.8 Å². The van der Waals surface area contributed by atoms with E-state index in [1.165, 1.54) is 0 Å². The molecule has 0 bridgehead atoms. The van der Waals surface area contributed by atoms with Crippen LogP contribution in [0.25, 0.3) is 0 Å². The second-order valence-electron chi connectivity index (χ2n) is 4.20. The lowest BCUT2D eigenvalue weighted by Gasteiger charge is -2.20. The summed E-state index contributed by atoms with van der Waals surface area (Å²) >= 11 is 15.0. The van der Waals surface area contributed by atoms with Crippen molar-refractivity contribution in [3.05, 3.63) is 41.9 Å². The minimum Gasteiger partial charge on any atom is -0.495 e. The van der Waals surface area contributed by atoms with E-state index in [-0.39, 0.29) is 6.04 Å². The van der Waals surface area contributed by atoms with E-state index >= 15 is 0 Å². The number of ether oxygens (including phenoxy) is 2. The Morgan fingerprint density at radius 1 is 1.24 bits per heavy atom. The van der Waals surface area contributed by atoms with E-state index in [4.69, 9.17) is 21.1 Å². The molecule has 0 fully saturated rings. The van der Waals surface area contributed by atoms with E-state index < -0.39 is 0 Å². The van der Waals surface area contributed by atoms with Crippen molar-refractivity contribution in [2.45, 2.75) is 6.04 Å². The topological polar surface area (TPSA) is 30.5 Å². The van der Waals surface area contributed by atoms with Gasteiger partial charge in [0.05, 0.1) is 24.0 Å². The zero-order chi connectivity index (χ0) is 15.6. The lowest BCUT2D eigenvalue weighted by Crippen LogP contribution is -2.17. The minimum absolute atomic E-state index is 0.0176. The summed E-state index contributed by atoms with van der Waals surface area (Å²) in [7, 11) is 5.10. The number of rotatable bonds is 5. The number of thiophene rings is 1. The third-order valence-corrected chi connectivity index (χ3v) is 6.74. The molecule has 7 heteroatoms. The van der Waals surface area contributed by atoms with Crippen LogP contribution in [0.3, 0.4) is 0 Å². The first-order valence-electron chi connectivity index (χ1n) is 6.05. The summed E-state index contributed by atoms with van der Waals surface area (Å²) in [4.78, 5) is 1.15. The molecule has 0 spiro atoms. The first kappa shape index (κ1) is 17.1. The highest BCUT2D eigenvalue weighted by molar-refractivity contribution is 9.13. The molecule has 1 atom stereocenters.